The van der Waals surface area contributed by atoms with Crippen LogP contribution in [0, 0.1) is 0 Å². The topological polar surface area (TPSA) is 49.4 Å². The molecule has 4 nitrogen and oxygen atoms in total. The van der Waals surface area contributed by atoms with Gasteiger partial charge in [-0.2, -0.15) is 0 Å². The number of hydrogen-bond donors (Lipinski definition) is 1. The van der Waals surface area contributed by atoms with E-state index in [0.29, 0.717) is 13.1 Å². The highest BCUT2D eigenvalue weighted by Crippen LogP contribution is 2.04. The van der Waals surface area contributed by atoms with E-state index in [9.17, 15) is 8.42 Å². The van der Waals surface area contributed by atoms with Gasteiger partial charge in [0.05, 0.1) is 5.25 Å². The predicted molar refractivity (Wildman–Crippen MR) is 50.6 cm³/mol. The largest absolute Gasteiger partial charge is 0.318 e. The van der Waals surface area contributed by atoms with Crippen LogP contribution in [0.5, 0.6) is 0 Å². The molecule has 0 bridgehead atoms. The van der Waals surface area contributed by atoms with Crippen LogP contribution in [-0.4, -0.2) is 45.2 Å². The fourth-order valence-corrected chi connectivity index (χ4v) is 2.23. The SMILES string of the molecule is CCN(C)S(=O)(=O)C(C)CNC. The Morgan fingerprint density at radius 1 is 1.50 bits per heavy atom. The first-order chi connectivity index (χ1) is 5.46. The van der Waals surface area contributed by atoms with Gasteiger partial charge in [0.25, 0.3) is 0 Å². The Morgan fingerprint density at radius 2 is 2.00 bits per heavy atom. The lowest BCUT2D eigenvalue weighted by Gasteiger charge is -2.19. The van der Waals surface area contributed by atoms with Gasteiger partial charge in [-0.1, -0.05) is 6.92 Å². The first-order valence-corrected chi connectivity index (χ1v) is 5.56. The van der Waals surface area contributed by atoms with Crippen LogP contribution in [0.3, 0.4) is 0 Å². The van der Waals surface area contributed by atoms with Gasteiger partial charge in [-0.05, 0) is 14.0 Å². The monoisotopic (exact) mass is 194 g/mol. The molecule has 1 atom stereocenters. The lowest BCUT2D eigenvalue weighted by atomic mass is 10.5. The maximum atomic E-state index is 11.5. The zero-order chi connectivity index (χ0) is 9.78. The van der Waals surface area contributed by atoms with Gasteiger partial charge >= 0.3 is 0 Å². The van der Waals surface area contributed by atoms with Crippen LogP contribution in [0.2, 0.25) is 0 Å². The minimum atomic E-state index is -3.08. The summed E-state index contributed by atoms with van der Waals surface area (Å²) in [5.41, 5.74) is 0. The zero-order valence-corrected chi connectivity index (χ0v) is 8.98. The van der Waals surface area contributed by atoms with E-state index in [4.69, 9.17) is 0 Å². The molecule has 0 aliphatic rings. The lowest BCUT2D eigenvalue weighted by molar-refractivity contribution is 0.473. The van der Waals surface area contributed by atoms with Crippen molar-refractivity contribution in [3.63, 3.8) is 0 Å². The van der Waals surface area contributed by atoms with Crippen LogP contribution < -0.4 is 5.32 Å². The van der Waals surface area contributed by atoms with Gasteiger partial charge in [-0.15, -0.1) is 0 Å². The summed E-state index contributed by atoms with van der Waals surface area (Å²) in [6, 6.07) is 0. The number of nitrogens with one attached hydrogen (secondary N) is 1. The number of nitrogens with zero attached hydrogens (tertiary/aromatic N) is 1. The molecule has 0 spiro atoms. The molecule has 0 saturated carbocycles. The molecule has 1 unspecified atom stereocenters. The molecule has 0 aliphatic carbocycles. The third-order valence-electron chi connectivity index (χ3n) is 1.88. The van der Waals surface area contributed by atoms with E-state index in [2.05, 4.69) is 5.32 Å². The number of hydrogen-bond acceptors (Lipinski definition) is 3. The van der Waals surface area contributed by atoms with Crippen molar-refractivity contribution >= 4 is 10.0 Å². The molecular weight excluding hydrogens is 176 g/mol. The van der Waals surface area contributed by atoms with Gasteiger partial charge < -0.3 is 5.32 Å². The van der Waals surface area contributed by atoms with Gasteiger partial charge in [-0.25, -0.2) is 12.7 Å². The van der Waals surface area contributed by atoms with E-state index in [1.54, 1.807) is 21.0 Å². The predicted octanol–water partition coefficient (Wildman–Crippen LogP) is -0.124. The van der Waals surface area contributed by atoms with Crippen LogP contribution >= 0.6 is 0 Å². The molecule has 74 valence electrons. The fourth-order valence-electron chi connectivity index (χ4n) is 0.880. The van der Waals surface area contributed by atoms with Crippen molar-refractivity contribution in [3.8, 4) is 0 Å². The van der Waals surface area contributed by atoms with E-state index < -0.39 is 10.0 Å². The van der Waals surface area contributed by atoms with Crippen LogP contribution in [0.4, 0.5) is 0 Å². The van der Waals surface area contributed by atoms with Crippen molar-refractivity contribution in [1.29, 1.82) is 0 Å². The second-order valence-electron chi connectivity index (χ2n) is 2.83. The Kier molecular flexibility index (Phi) is 4.74. The molecule has 0 fully saturated rings. The molecule has 0 aromatic carbocycles. The van der Waals surface area contributed by atoms with Gasteiger partial charge in [0, 0.05) is 20.1 Å². The summed E-state index contributed by atoms with van der Waals surface area (Å²) in [7, 11) is 0.266. The average molecular weight is 194 g/mol. The van der Waals surface area contributed by atoms with Crippen LogP contribution in [-0.2, 0) is 10.0 Å². The van der Waals surface area contributed by atoms with Crippen LogP contribution in [0.1, 0.15) is 13.8 Å². The summed E-state index contributed by atoms with van der Waals surface area (Å²) in [6.45, 7) is 4.55. The first kappa shape index (κ1) is 11.9. The van der Waals surface area contributed by atoms with E-state index in [1.165, 1.54) is 4.31 Å². The summed E-state index contributed by atoms with van der Waals surface area (Å²) in [5, 5.41) is 2.49. The second-order valence-corrected chi connectivity index (χ2v) is 5.29. The molecule has 0 heterocycles. The Hall–Kier alpha value is -0.130. The quantitative estimate of drug-likeness (QED) is 0.663. The lowest BCUT2D eigenvalue weighted by Crippen LogP contribution is -2.39. The molecule has 0 aliphatic heterocycles. The summed E-state index contributed by atoms with van der Waals surface area (Å²) in [6.07, 6.45) is 0. The minimum Gasteiger partial charge on any atom is -0.318 e. The third kappa shape index (κ3) is 2.73. The standard InChI is InChI=1S/C7H18N2O2S/c1-5-9(4)12(10,11)7(2)6-8-3/h7-8H,5-6H2,1-4H3. The van der Waals surface area contributed by atoms with Crippen molar-refractivity contribution in [3.05, 3.63) is 0 Å². The van der Waals surface area contributed by atoms with Crippen molar-refractivity contribution in [2.75, 3.05) is 27.2 Å². The number of rotatable bonds is 5. The summed E-state index contributed by atoms with van der Waals surface area (Å²) < 4.78 is 24.4. The highest BCUT2D eigenvalue weighted by Gasteiger charge is 2.23. The molecule has 0 saturated heterocycles. The van der Waals surface area contributed by atoms with Gasteiger partial charge in [0.1, 0.15) is 0 Å². The Bertz CT molecular complexity index is 213. The molecule has 0 aromatic heterocycles. The highest BCUT2D eigenvalue weighted by atomic mass is 32.2. The molecule has 0 amide bonds. The molecule has 0 radical (unpaired) electrons. The Balaban J connectivity index is 4.39. The third-order valence-corrected chi connectivity index (χ3v) is 4.19. The van der Waals surface area contributed by atoms with E-state index in [-0.39, 0.29) is 5.25 Å². The van der Waals surface area contributed by atoms with E-state index in [1.807, 2.05) is 6.92 Å². The minimum absolute atomic E-state index is 0.354. The Labute approximate surface area is 75.0 Å². The van der Waals surface area contributed by atoms with Gasteiger partial charge in [0.15, 0.2) is 0 Å². The summed E-state index contributed by atoms with van der Waals surface area (Å²) in [5.74, 6) is 0. The second kappa shape index (κ2) is 4.79. The van der Waals surface area contributed by atoms with Gasteiger partial charge in [-0.3, -0.25) is 0 Å². The van der Waals surface area contributed by atoms with E-state index in [0.717, 1.165) is 0 Å². The fraction of sp³-hybridized carbons (Fsp3) is 1.00. The molecule has 5 heteroatoms. The molecular formula is C7H18N2O2S. The van der Waals surface area contributed by atoms with Crippen LogP contribution in [0.15, 0.2) is 0 Å². The molecule has 0 rings (SSSR count). The normalized spacial score (nSPS) is 15.1. The Morgan fingerprint density at radius 3 is 2.33 bits per heavy atom. The van der Waals surface area contributed by atoms with Crippen molar-refractivity contribution in [1.82, 2.24) is 9.62 Å². The smallest absolute Gasteiger partial charge is 0.217 e. The summed E-state index contributed by atoms with van der Waals surface area (Å²) in [4.78, 5) is 0. The van der Waals surface area contributed by atoms with Crippen molar-refractivity contribution in [2.24, 2.45) is 0 Å². The maximum absolute atomic E-state index is 11.5. The molecule has 0 aromatic rings. The zero-order valence-electron chi connectivity index (χ0n) is 8.16. The van der Waals surface area contributed by atoms with Crippen LogP contribution in [0.25, 0.3) is 0 Å². The van der Waals surface area contributed by atoms with Crippen molar-refractivity contribution in [2.45, 2.75) is 19.1 Å². The van der Waals surface area contributed by atoms with Gasteiger partial charge in [0.2, 0.25) is 10.0 Å². The first-order valence-electron chi connectivity index (χ1n) is 4.06. The average Bonchev–Trinajstić information content (AvgIpc) is 2.03. The highest BCUT2D eigenvalue weighted by molar-refractivity contribution is 7.89. The van der Waals surface area contributed by atoms with Crippen molar-refractivity contribution < 1.29 is 8.42 Å². The number of sulfonamides is 1. The maximum Gasteiger partial charge on any atom is 0.217 e. The summed E-state index contributed by atoms with van der Waals surface area (Å²) >= 11 is 0. The van der Waals surface area contributed by atoms with E-state index >= 15 is 0 Å². The molecule has 1 N–H and O–H groups in total. The molecule has 12 heavy (non-hydrogen) atoms.